The third-order valence-corrected chi connectivity index (χ3v) is 2.01. The van der Waals surface area contributed by atoms with Gasteiger partial charge in [0.25, 0.3) is 6.43 Å². The molecule has 1 nitrogen and oxygen atoms in total. The summed E-state index contributed by atoms with van der Waals surface area (Å²) in [5.74, 6) is 0. The van der Waals surface area contributed by atoms with E-state index in [1.807, 2.05) is 0 Å². The SMILES string of the molecule is Cc1cc(C(F)(F)F)c(Cl)nc1C(F)F. The second kappa shape index (κ2) is 3.92. The van der Waals surface area contributed by atoms with Gasteiger partial charge in [-0.15, -0.1) is 0 Å². The van der Waals surface area contributed by atoms with Gasteiger partial charge in [-0.2, -0.15) is 13.2 Å². The first kappa shape index (κ1) is 12.2. The van der Waals surface area contributed by atoms with E-state index in [2.05, 4.69) is 4.98 Å². The Balaban J connectivity index is 3.32. The van der Waals surface area contributed by atoms with Gasteiger partial charge in [-0.25, -0.2) is 13.8 Å². The summed E-state index contributed by atoms with van der Waals surface area (Å²) in [7, 11) is 0. The Labute approximate surface area is 86.9 Å². The van der Waals surface area contributed by atoms with Crippen molar-refractivity contribution in [2.75, 3.05) is 0 Å². The highest BCUT2D eigenvalue weighted by molar-refractivity contribution is 6.30. The van der Waals surface area contributed by atoms with Gasteiger partial charge < -0.3 is 0 Å². The van der Waals surface area contributed by atoms with E-state index in [1.54, 1.807) is 0 Å². The monoisotopic (exact) mass is 245 g/mol. The van der Waals surface area contributed by atoms with Crippen molar-refractivity contribution < 1.29 is 22.0 Å². The molecule has 1 rings (SSSR count). The zero-order chi connectivity index (χ0) is 11.8. The minimum atomic E-state index is -4.69. The highest BCUT2D eigenvalue weighted by Crippen LogP contribution is 2.36. The lowest BCUT2D eigenvalue weighted by Crippen LogP contribution is -2.09. The lowest BCUT2D eigenvalue weighted by atomic mass is 10.1. The van der Waals surface area contributed by atoms with Crippen molar-refractivity contribution in [3.8, 4) is 0 Å². The molecule has 0 fully saturated rings. The van der Waals surface area contributed by atoms with Crippen LogP contribution < -0.4 is 0 Å². The van der Waals surface area contributed by atoms with E-state index in [4.69, 9.17) is 11.6 Å². The van der Waals surface area contributed by atoms with E-state index in [9.17, 15) is 22.0 Å². The van der Waals surface area contributed by atoms with Crippen molar-refractivity contribution in [2.24, 2.45) is 0 Å². The van der Waals surface area contributed by atoms with Crippen LogP contribution >= 0.6 is 11.6 Å². The molecule has 1 aromatic heterocycles. The van der Waals surface area contributed by atoms with E-state index >= 15 is 0 Å². The molecule has 0 saturated carbocycles. The first-order valence-electron chi connectivity index (χ1n) is 3.76. The summed E-state index contributed by atoms with van der Waals surface area (Å²) in [6.45, 7) is 1.13. The molecule has 0 unspecified atom stereocenters. The number of hydrogen-bond donors (Lipinski definition) is 0. The standard InChI is InChI=1S/C8H5ClF5N/c1-3-2-4(8(12,13)14)6(9)15-5(3)7(10)11/h2,7H,1H3. The molecule has 0 aromatic carbocycles. The van der Waals surface area contributed by atoms with Gasteiger partial charge in [-0.1, -0.05) is 11.6 Å². The second-order valence-corrected chi connectivity index (χ2v) is 3.19. The van der Waals surface area contributed by atoms with Crippen LogP contribution in [0.15, 0.2) is 6.07 Å². The Morgan fingerprint density at radius 2 is 1.87 bits per heavy atom. The van der Waals surface area contributed by atoms with Gasteiger partial charge in [0.2, 0.25) is 0 Å². The van der Waals surface area contributed by atoms with E-state index in [0.717, 1.165) is 6.92 Å². The summed E-state index contributed by atoms with van der Waals surface area (Å²) < 4.78 is 61.2. The number of nitrogens with zero attached hydrogens (tertiary/aromatic N) is 1. The van der Waals surface area contributed by atoms with Gasteiger partial charge >= 0.3 is 6.18 Å². The fourth-order valence-electron chi connectivity index (χ4n) is 1.02. The molecule has 1 heterocycles. The minimum Gasteiger partial charge on any atom is -0.234 e. The Morgan fingerprint density at radius 3 is 2.27 bits per heavy atom. The van der Waals surface area contributed by atoms with E-state index < -0.39 is 29.0 Å². The molecular formula is C8H5ClF5N. The number of aromatic nitrogens is 1. The lowest BCUT2D eigenvalue weighted by molar-refractivity contribution is -0.137. The highest BCUT2D eigenvalue weighted by atomic mass is 35.5. The molecular weight excluding hydrogens is 241 g/mol. The largest absolute Gasteiger partial charge is 0.419 e. The molecule has 0 atom stereocenters. The third-order valence-electron chi connectivity index (χ3n) is 1.72. The first-order chi connectivity index (χ1) is 6.73. The minimum absolute atomic E-state index is 0.235. The summed E-state index contributed by atoms with van der Waals surface area (Å²) in [6, 6.07) is 0.566. The van der Waals surface area contributed by atoms with Crippen LogP contribution in [0.4, 0.5) is 22.0 Å². The molecule has 0 aliphatic rings. The predicted molar refractivity (Wildman–Crippen MR) is 43.9 cm³/mol. The van der Waals surface area contributed by atoms with Gasteiger partial charge in [-0.3, -0.25) is 0 Å². The third kappa shape index (κ3) is 2.56. The molecule has 0 saturated heterocycles. The molecule has 15 heavy (non-hydrogen) atoms. The number of rotatable bonds is 1. The average Bonchev–Trinajstić information content (AvgIpc) is 2.06. The predicted octanol–water partition coefficient (Wildman–Crippen LogP) is 4.00. The Hall–Kier alpha value is -0.910. The fourth-order valence-corrected chi connectivity index (χ4v) is 1.28. The van der Waals surface area contributed by atoms with Crippen LogP contribution in [-0.4, -0.2) is 4.98 Å². The van der Waals surface area contributed by atoms with Crippen LogP contribution in [0.5, 0.6) is 0 Å². The Bertz CT molecular complexity index is 374. The maximum absolute atomic E-state index is 12.2. The van der Waals surface area contributed by atoms with Gasteiger partial charge in [-0.05, 0) is 18.6 Å². The molecule has 0 bridgehead atoms. The molecule has 1 aromatic rings. The van der Waals surface area contributed by atoms with Crippen molar-refractivity contribution >= 4 is 11.6 Å². The molecule has 84 valence electrons. The van der Waals surface area contributed by atoms with E-state index in [0.29, 0.717) is 6.07 Å². The molecule has 0 amide bonds. The van der Waals surface area contributed by atoms with Crippen molar-refractivity contribution in [1.82, 2.24) is 4.98 Å². The van der Waals surface area contributed by atoms with Crippen LogP contribution in [0.2, 0.25) is 5.15 Å². The number of pyridine rings is 1. The number of halogens is 6. The quantitative estimate of drug-likeness (QED) is 0.538. The van der Waals surface area contributed by atoms with E-state index in [-0.39, 0.29) is 5.56 Å². The summed E-state index contributed by atoms with van der Waals surface area (Å²) in [5, 5.41) is -0.955. The zero-order valence-corrected chi connectivity index (χ0v) is 8.13. The van der Waals surface area contributed by atoms with Crippen molar-refractivity contribution in [3.63, 3.8) is 0 Å². The number of aryl methyl sites for hydroxylation is 1. The fraction of sp³-hybridized carbons (Fsp3) is 0.375. The zero-order valence-electron chi connectivity index (χ0n) is 7.37. The Morgan fingerprint density at radius 1 is 1.33 bits per heavy atom. The smallest absolute Gasteiger partial charge is 0.234 e. The van der Waals surface area contributed by atoms with Gasteiger partial charge in [0, 0.05) is 0 Å². The lowest BCUT2D eigenvalue weighted by Gasteiger charge is -2.11. The summed E-state index contributed by atoms with van der Waals surface area (Å²) >= 11 is 5.17. The molecule has 0 aliphatic carbocycles. The number of hydrogen-bond acceptors (Lipinski definition) is 1. The number of alkyl halides is 5. The van der Waals surface area contributed by atoms with Gasteiger partial charge in [0.15, 0.2) is 0 Å². The second-order valence-electron chi connectivity index (χ2n) is 2.83. The maximum atomic E-state index is 12.2. The first-order valence-corrected chi connectivity index (χ1v) is 4.13. The van der Waals surface area contributed by atoms with Gasteiger partial charge in [0.05, 0.1) is 5.56 Å². The summed E-state index contributed by atoms with van der Waals surface area (Å²) in [6.07, 6.45) is -7.63. The molecule has 0 N–H and O–H groups in total. The molecule has 7 heteroatoms. The van der Waals surface area contributed by atoms with Crippen LogP contribution in [0.25, 0.3) is 0 Å². The van der Waals surface area contributed by atoms with E-state index in [1.165, 1.54) is 0 Å². The van der Waals surface area contributed by atoms with Crippen LogP contribution in [0, 0.1) is 6.92 Å². The Kier molecular flexibility index (Phi) is 3.18. The normalized spacial score (nSPS) is 12.3. The van der Waals surface area contributed by atoms with Crippen molar-refractivity contribution in [2.45, 2.75) is 19.5 Å². The van der Waals surface area contributed by atoms with Crippen LogP contribution in [0.1, 0.15) is 23.2 Å². The maximum Gasteiger partial charge on any atom is 0.419 e. The van der Waals surface area contributed by atoms with Crippen LogP contribution in [0.3, 0.4) is 0 Å². The summed E-state index contributed by atoms with van der Waals surface area (Å²) in [5.41, 5.74) is -2.17. The van der Waals surface area contributed by atoms with Crippen molar-refractivity contribution in [1.29, 1.82) is 0 Å². The van der Waals surface area contributed by atoms with Gasteiger partial charge in [0.1, 0.15) is 10.8 Å². The molecule has 0 spiro atoms. The van der Waals surface area contributed by atoms with Crippen LogP contribution in [-0.2, 0) is 6.18 Å². The molecule has 0 aliphatic heterocycles. The van der Waals surface area contributed by atoms with Crippen molar-refractivity contribution in [3.05, 3.63) is 28.0 Å². The summed E-state index contributed by atoms with van der Waals surface area (Å²) in [4.78, 5) is 3.03. The average molecular weight is 246 g/mol. The topological polar surface area (TPSA) is 12.9 Å². The molecule has 0 radical (unpaired) electrons. The highest BCUT2D eigenvalue weighted by Gasteiger charge is 2.35.